The minimum Gasteiger partial charge on any atom is -0.365 e. The Morgan fingerprint density at radius 1 is 1.44 bits per heavy atom. The number of fused-ring (bicyclic) bond motifs is 1. The molecule has 25 heavy (non-hydrogen) atoms. The molecule has 1 saturated heterocycles. The predicted octanol–water partition coefficient (Wildman–Crippen LogP) is 1.25. The SMILES string of the molecule is C=CC(=O)N1CCC[C@@H](Nc2nc(C(=O)N(C)C)nc3[nH]ccc23)C1. The van der Waals surface area contributed by atoms with Crippen LogP contribution in [-0.4, -0.2) is 69.8 Å². The van der Waals surface area contributed by atoms with Crippen LogP contribution in [-0.2, 0) is 4.79 Å². The zero-order valence-electron chi connectivity index (χ0n) is 14.5. The Hall–Kier alpha value is -2.90. The fourth-order valence-corrected chi connectivity index (χ4v) is 2.96. The number of aromatic nitrogens is 3. The van der Waals surface area contributed by atoms with E-state index in [0.29, 0.717) is 18.0 Å². The molecular formula is C17H22N6O2. The van der Waals surface area contributed by atoms with Crippen molar-refractivity contribution in [3.8, 4) is 0 Å². The molecule has 1 fully saturated rings. The van der Waals surface area contributed by atoms with Crippen molar-refractivity contribution in [1.29, 1.82) is 0 Å². The van der Waals surface area contributed by atoms with Crippen molar-refractivity contribution in [3.63, 3.8) is 0 Å². The van der Waals surface area contributed by atoms with Crippen LogP contribution in [0, 0.1) is 0 Å². The van der Waals surface area contributed by atoms with Gasteiger partial charge in [-0.2, -0.15) is 0 Å². The lowest BCUT2D eigenvalue weighted by molar-refractivity contribution is -0.127. The highest BCUT2D eigenvalue weighted by Crippen LogP contribution is 2.23. The summed E-state index contributed by atoms with van der Waals surface area (Å²) in [5.41, 5.74) is 0.609. The molecule has 2 aromatic rings. The van der Waals surface area contributed by atoms with Gasteiger partial charge in [0.15, 0.2) is 0 Å². The Morgan fingerprint density at radius 2 is 2.24 bits per heavy atom. The number of anilines is 1. The van der Waals surface area contributed by atoms with Gasteiger partial charge in [0.1, 0.15) is 11.5 Å². The number of piperidine rings is 1. The van der Waals surface area contributed by atoms with Crippen LogP contribution in [0.3, 0.4) is 0 Å². The summed E-state index contributed by atoms with van der Waals surface area (Å²) in [7, 11) is 3.33. The molecule has 2 N–H and O–H groups in total. The molecule has 2 aromatic heterocycles. The molecule has 0 saturated carbocycles. The minimum atomic E-state index is -0.258. The highest BCUT2D eigenvalue weighted by molar-refractivity contribution is 5.95. The Bertz CT molecular complexity index is 813. The number of nitrogens with one attached hydrogen (secondary N) is 2. The zero-order chi connectivity index (χ0) is 18.0. The number of H-pyrrole nitrogens is 1. The van der Waals surface area contributed by atoms with Crippen LogP contribution in [0.4, 0.5) is 5.82 Å². The lowest BCUT2D eigenvalue weighted by Gasteiger charge is -2.33. The lowest BCUT2D eigenvalue weighted by atomic mass is 10.1. The summed E-state index contributed by atoms with van der Waals surface area (Å²) in [6.07, 6.45) is 4.93. The normalized spacial score (nSPS) is 17.4. The second kappa shape index (κ2) is 6.92. The number of hydrogen-bond acceptors (Lipinski definition) is 5. The van der Waals surface area contributed by atoms with Crippen LogP contribution < -0.4 is 5.32 Å². The zero-order valence-corrected chi connectivity index (χ0v) is 14.5. The molecule has 0 radical (unpaired) electrons. The van der Waals surface area contributed by atoms with Crippen LogP contribution in [0.1, 0.15) is 23.5 Å². The quantitative estimate of drug-likeness (QED) is 0.816. The third kappa shape index (κ3) is 3.47. The third-order valence-electron chi connectivity index (χ3n) is 4.26. The average Bonchev–Trinajstić information content (AvgIpc) is 3.09. The van der Waals surface area contributed by atoms with Crippen molar-refractivity contribution in [2.45, 2.75) is 18.9 Å². The second-order valence-electron chi connectivity index (χ2n) is 6.31. The molecule has 0 aliphatic carbocycles. The fraction of sp³-hybridized carbons (Fsp3) is 0.412. The smallest absolute Gasteiger partial charge is 0.291 e. The average molecular weight is 342 g/mol. The number of hydrogen-bond donors (Lipinski definition) is 2. The van der Waals surface area contributed by atoms with E-state index in [1.54, 1.807) is 25.2 Å². The monoisotopic (exact) mass is 342 g/mol. The Kier molecular flexibility index (Phi) is 4.69. The molecule has 2 amide bonds. The third-order valence-corrected chi connectivity index (χ3v) is 4.26. The number of likely N-dealkylation sites (tertiary alicyclic amines) is 1. The van der Waals surface area contributed by atoms with E-state index in [1.165, 1.54) is 11.0 Å². The van der Waals surface area contributed by atoms with Gasteiger partial charge in [-0.25, -0.2) is 9.97 Å². The van der Waals surface area contributed by atoms with E-state index in [9.17, 15) is 9.59 Å². The molecule has 1 aliphatic rings. The second-order valence-corrected chi connectivity index (χ2v) is 6.31. The fourth-order valence-electron chi connectivity index (χ4n) is 2.96. The molecule has 8 heteroatoms. The van der Waals surface area contributed by atoms with E-state index in [4.69, 9.17) is 0 Å². The minimum absolute atomic E-state index is 0.0629. The number of carbonyl (C=O) groups is 2. The predicted molar refractivity (Wildman–Crippen MR) is 95.3 cm³/mol. The first-order chi connectivity index (χ1) is 12.0. The molecule has 0 bridgehead atoms. The van der Waals surface area contributed by atoms with Gasteiger partial charge in [-0.15, -0.1) is 0 Å². The van der Waals surface area contributed by atoms with Crippen LogP contribution >= 0.6 is 0 Å². The first kappa shape index (κ1) is 16.9. The molecule has 0 unspecified atom stereocenters. The topological polar surface area (TPSA) is 94.2 Å². The van der Waals surface area contributed by atoms with Gasteiger partial charge in [-0.3, -0.25) is 9.59 Å². The van der Waals surface area contributed by atoms with Crippen molar-refractivity contribution in [3.05, 3.63) is 30.7 Å². The van der Waals surface area contributed by atoms with E-state index < -0.39 is 0 Å². The number of amides is 2. The molecule has 132 valence electrons. The summed E-state index contributed by atoms with van der Waals surface area (Å²) in [4.78, 5) is 39.0. The maximum absolute atomic E-state index is 12.2. The summed E-state index contributed by atoms with van der Waals surface area (Å²) < 4.78 is 0. The molecule has 1 aliphatic heterocycles. The van der Waals surface area contributed by atoms with Crippen molar-refractivity contribution in [1.82, 2.24) is 24.8 Å². The maximum atomic E-state index is 12.2. The molecule has 3 rings (SSSR count). The van der Waals surface area contributed by atoms with Gasteiger partial charge >= 0.3 is 0 Å². The molecule has 0 spiro atoms. The summed E-state index contributed by atoms with van der Waals surface area (Å²) in [6.45, 7) is 4.86. The molecule has 8 nitrogen and oxygen atoms in total. The van der Waals surface area contributed by atoms with Gasteiger partial charge in [0.05, 0.1) is 5.39 Å². The van der Waals surface area contributed by atoms with E-state index in [0.717, 1.165) is 24.8 Å². The standard InChI is InChI=1S/C17H22N6O2/c1-4-13(24)23-9-5-6-11(10-23)19-15-12-7-8-18-14(12)20-16(21-15)17(25)22(2)3/h4,7-8,11H,1,5-6,9-10H2,2-3H3,(H2,18,19,20,21)/t11-/m1/s1. The van der Waals surface area contributed by atoms with Gasteiger partial charge in [-0.05, 0) is 25.0 Å². The molecule has 0 aromatic carbocycles. The first-order valence-electron chi connectivity index (χ1n) is 8.24. The summed E-state index contributed by atoms with van der Waals surface area (Å²) >= 11 is 0. The van der Waals surface area contributed by atoms with Gasteiger partial charge in [0.25, 0.3) is 5.91 Å². The van der Waals surface area contributed by atoms with Crippen molar-refractivity contribution in [2.24, 2.45) is 0 Å². The van der Waals surface area contributed by atoms with Crippen LogP contribution in [0.15, 0.2) is 24.9 Å². The number of nitrogens with zero attached hydrogens (tertiary/aromatic N) is 4. The van der Waals surface area contributed by atoms with E-state index in [1.807, 2.05) is 6.07 Å². The van der Waals surface area contributed by atoms with Gasteiger partial charge in [0, 0.05) is 39.4 Å². The molecular weight excluding hydrogens is 320 g/mol. The highest BCUT2D eigenvalue weighted by atomic mass is 16.2. The number of aromatic amines is 1. The largest absolute Gasteiger partial charge is 0.365 e. The lowest BCUT2D eigenvalue weighted by Crippen LogP contribution is -2.44. The van der Waals surface area contributed by atoms with Crippen LogP contribution in [0.25, 0.3) is 11.0 Å². The van der Waals surface area contributed by atoms with Gasteiger partial charge in [-0.1, -0.05) is 6.58 Å². The van der Waals surface area contributed by atoms with E-state index in [2.05, 4.69) is 26.8 Å². The van der Waals surface area contributed by atoms with E-state index >= 15 is 0 Å². The summed E-state index contributed by atoms with van der Waals surface area (Å²) in [5, 5.41) is 4.20. The number of carbonyl (C=O) groups excluding carboxylic acids is 2. The van der Waals surface area contributed by atoms with Crippen molar-refractivity contribution >= 4 is 28.7 Å². The van der Waals surface area contributed by atoms with Crippen molar-refractivity contribution < 1.29 is 9.59 Å². The number of rotatable bonds is 4. The first-order valence-corrected chi connectivity index (χ1v) is 8.24. The summed E-state index contributed by atoms with van der Waals surface area (Å²) in [5.74, 6) is 0.419. The Balaban J connectivity index is 1.87. The Morgan fingerprint density at radius 3 is 2.96 bits per heavy atom. The maximum Gasteiger partial charge on any atom is 0.291 e. The van der Waals surface area contributed by atoms with Crippen LogP contribution in [0.2, 0.25) is 0 Å². The van der Waals surface area contributed by atoms with Crippen LogP contribution in [0.5, 0.6) is 0 Å². The Labute approximate surface area is 145 Å². The van der Waals surface area contributed by atoms with Gasteiger partial charge < -0.3 is 20.1 Å². The van der Waals surface area contributed by atoms with E-state index in [-0.39, 0.29) is 23.7 Å². The molecule has 1 atom stereocenters. The summed E-state index contributed by atoms with van der Waals surface area (Å²) in [6, 6.07) is 1.94. The highest BCUT2D eigenvalue weighted by Gasteiger charge is 2.24. The molecule has 3 heterocycles. The van der Waals surface area contributed by atoms with Crippen molar-refractivity contribution in [2.75, 3.05) is 32.5 Å². The van der Waals surface area contributed by atoms with Gasteiger partial charge in [0.2, 0.25) is 11.7 Å².